The Labute approximate surface area is 134 Å². The maximum absolute atomic E-state index is 12.7. The fourth-order valence-corrected chi connectivity index (χ4v) is 3.01. The number of rotatable bonds is 5. The predicted octanol–water partition coefficient (Wildman–Crippen LogP) is 0.877. The van der Waals surface area contributed by atoms with Crippen LogP contribution in [0, 0.1) is 0 Å². The first kappa shape index (κ1) is 15.6. The lowest BCUT2D eigenvalue weighted by Crippen LogP contribution is -2.48. The molecule has 1 fully saturated rings. The summed E-state index contributed by atoms with van der Waals surface area (Å²) in [5, 5.41) is 24.2. The highest BCUT2D eigenvalue weighted by Crippen LogP contribution is 2.20. The van der Waals surface area contributed by atoms with Crippen molar-refractivity contribution < 1.29 is 9.90 Å². The van der Waals surface area contributed by atoms with Gasteiger partial charge < -0.3 is 10.4 Å². The monoisotopic (exact) mass is 315 g/mol. The van der Waals surface area contributed by atoms with E-state index in [9.17, 15) is 9.90 Å². The van der Waals surface area contributed by atoms with Gasteiger partial charge in [0.1, 0.15) is 12.4 Å². The molecule has 1 amide bonds. The zero-order valence-corrected chi connectivity index (χ0v) is 12.9. The second kappa shape index (κ2) is 7.32. The Kier molecular flexibility index (Phi) is 4.97. The highest BCUT2D eigenvalue weighted by molar-refractivity contribution is 5.80. The Morgan fingerprint density at radius 2 is 2.09 bits per heavy atom. The number of hydrogen-bond acceptors (Lipinski definition) is 5. The van der Waals surface area contributed by atoms with Crippen molar-refractivity contribution >= 4 is 5.91 Å². The first-order valence-corrected chi connectivity index (χ1v) is 7.99. The van der Waals surface area contributed by atoms with Crippen LogP contribution in [0.3, 0.4) is 0 Å². The highest BCUT2D eigenvalue weighted by atomic mass is 16.3. The maximum atomic E-state index is 12.7. The Bertz CT molecular complexity index is 617. The van der Waals surface area contributed by atoms with E-state index in [4.69, 9.17) is 0 Å². The van der Waals surface area contributed by atoms with Gasteiger partial charge in [0.2, 0.25) is 5.91 Å². The third-order valence-corrected chi connectivity index (χ3v) is 4.32. The van der Waals surface area contributed by atoms with Crippen molar-refractivity contribution in [2.45, 2.75) is 50.3 Å². The van der Waals surface area contributed by atoms with Crippen molar-refractivity contribution in [3.8, 4) is 0 Å². The van der Waals surface area contributed by atoms with Crippen molar-refractivity contribution in [2.24, 2.45) is 0 Å². The van der Waals surface area contributed by atoms with Crippen LogP contribution in [0.25, 0.3) is 0 Å². The first-order chi connectivity index (χ1) is 11.2. The van der Waals surface area contributed by atoms with E-state index in [1.54, 1.807) is 0 Å². The summed E-state index contributed by atoms with van der Waals surface area (Å²) in [6, 6.07) is 9.05. The van der Waals surface area contributed by atoms with Crippen LogP contribution in [-0.2, 0) is 11.2 Å². The van der Waals surface area contributed by atoms with E-state index in [0.29, 0.717) is 6.42 Å². The molecule has 0 radical (unpaired) electrons. The van der Waals surface area contributed by atoms with Crippen molar-refractivity contribution in [1.29, 1.82) is 0 Å². The third-order valence-electron chi connectivity index (χ3n) is 4.32. The van der Waals surface area contributed by atoms with Gasteiger partial charge in [-0.3, -0.25) is 4.79 Å². The van der Waals surface area contributed by atoms with E-state index < -0.39 is 12.1 Å². The molecule has 7 heteroatoms. The minimum absolute atomic E-state index is 0.160. The van der Waals surface area contributed by atoms with E-state index >= 15 is 0 Å². The summed E-state index contributed by atoms with van der Waals surface area (Å²) in [7, 11) is 0. The molecule has 1 aromatic heterocycles. The number of aromatic nitrogens is 4. The molecule has 0 spiro atoms. The first-order valence-electron chi connectivity index (χ1n) is 7.99. The Balaban J connectivity index is 1.73. The van der Waals surface area contributed by atoms with Crippen LogP contribution >= 0.6 is 0 Å². The number of nitrogens with one attached hydrogen (secondary N) is 1. The number of benzene rings is 1. The number of aliphatic hydroxyl groups excluding tert-OH is 1. The fourth-order valence-electron chi connectivity index (χ4n) is 3.01. The van der Waals surface area contributed by atoms with Gasteiger partial charge in [-0.2, -0.15) is 0 Å². The topological polar surface area (TPSA) is 92.9 Å². The standard InChI is InChI=1S/C16H21N5O2/c22-15-9-5-4-8-13(15)18-16(23)14(21-11-17-19-20-21)10-12-6-2-1-3-7-12/h1-3,6-7,11,13-15,22H,4-5,8-10H2,(H,18,23). The molecule has 23 heavy (non-hydrogen) atoms. The Morgan fingerprint density at radius 3 is 2.78 bits per heavy atom. The van der Waals surface area contributed by atoms with Crippen LogP contribution < -0.4 is 5.32 Å². The van der Waals surface area contributed by atoms with Gasteiger partial charge in [-0.15, -0.1) is 5.10 Å². The quantitative estimate of drug-likeness (QED) is 0.854. The number of nitrogens with zero attached hydrogens (tertiary/aromatic N) is 4. The zero-order valence-electron chi connectivity index (χ0n) is 12.9. The van der Waals surface area contributed by atoms with Gasteiger partial charge in [0.15, 0.2) is 0 Å². The summed E-state index contributed by atoms with van der Waals surface area (Å²) >= 11 is 0. The number of hydrogen-bond donors (Lipinski definition) is 2. The molecule has 2 aromatic rings. The molecule has 0 aliphatic heterocycles. The molecule has 1 aliphatic rings. The van der Waals surface area contributed by atoms with Gasteiger partial charge in [-0.1, -0.05) is 43.2 Å². The number of tetrazole rings is 1. The summed E-state index contributed by atoms with van der Waals surface area (Å²) in [5.74, 6) is -0.160. The van der Waals surface area contributed by atoms with Gasteiger partial charge in [0.25, 0.3) is 0 Å². The number of carbonyl (C=O) groups is 1. The Hall–Kier alpha value is -2.28. The fraction of sp³-hybridized carbons (Fsp3) is 0.500. The van der Waals surface area contributed by atoms with E-state index in [1.165, 1.54) is 11.0 Å². The molecular weight excluding hydrogens is 294 g/mol. The maximum Gasteiger partial charge on any atom is 0.245 e. The number of carbonyl (C=O) groups excluding carboxylic acids is 1. The molecule has 3 atom stereocenters. The van der Waals surface area contributed by atoms with Gasteiger partial charge in [-0.05, 0) is 28.8 Å². The molecule has 1 heterocycles. The van der Waals surface area contributed by atoms with Crippen molar-refractivity contribution in [3.05, 3.63) is 42.2 Å². The average Bonchev–Trinajstić information content (AvgIpc) is 3.10. The number of amides is 1. The van der Waals surface area contributed by atoms with Gasteiger partial charge in [0.05, 0.1) is 12.1 Å². The molecular formula is C16H21N5O2. The molecule has 0 bridgehead atoms. The lowest BCUT2D eigenvalue weighted by Gasteiger charge is -2.29. The molecule has 7 nitrogen and oxygen atoms in total. The molecule has 1 aromatic carbocycles. The number of aliphatic hydroxyl groups is 1. The van der Waals surface area contributed by atoms with Crippen LogP contribution in [0.4, 0.5) is 0 Å². The molecule has 0 saturated heterocycles. The van der Waals surface area contributed by atoms with Crippen LogP contribution in [-0.4, -0.2) is 43.4 Å². The minimum atomic E-state index is -0.526. The second-order valence-corrected chi connectivity index (χ2v) is 5.96. The van der Waals surface area contributed by atoms with Crippen molar-refractivity contribution in [2.75, 3.05) is 0 Å². The summed E-state index contributed by atoms with van der Waals surface area (Å²) in [4.78, 5) is 12.7. The van der Waals surface area contributed by atoms with Gasteiger partial charge in [0, 0.05) is 6.42 Å². The summed E-state index contributed by atoms with van der Waals surface area (Å²) in [5.41, 5.74) is 1.03. The van der Waals surface area contributed by atoms with Crippen LogP contribution in [0.15, 0.2) is 36.7 Å². The second-order valence-electron chi connectivity index (χ2n) is 5.96. The molecule has 3 rings (SSSR count). The molecule has 3 unspecified atom stereocenters. The largest absolute Gasteiger partial charge is 0.391 e. The van der Waals surface area contributed by atoms with E-state index in [1.807, 2.05) is 30.3 Å². The molecule has 2 N–H and O–H groups in total. The van der Waals surface area contributed by atoms with Crippen molar-refractivity contribution in [1.82, 2.24) is 25.5 Å². The van der Waals surface area contributed by atoms with E-state index in [-0.39, 0.29) is 11.9 Å². The highest BCUT2D eigenvalue weighted by Gasteiger charge is 2.29. The summed E-state index contributed by atoms with van der Waals surface area (Å²) in [6.07, 6.45) is 5.05. The van der Waals surface area contributed by atoms with Gasteiger partial charge in [-0.25, -0.2) is 4.68 Å². The van der Waals surface area contributed by atoms with Crippen LogP contribution in [0.2, 0.25) is 0 Å². The van der Waals surface area contributed by atoms with E-state index in [2.05, 4.69) is 20.8 Å². The predicted molar refractivity (Wildman–Crippen MR) is 83.4 cm³/mol. The minimum Gasteiger partial charge on any atom is -0.391 e. The van der Waals surface area contributed by atoms with Gasteiger partial charge >= 0.3 is 0 Å². The summed E-state index contributed by atoms with van der Waals surface area (Å²) in [6.45, 7) is 0. The average molecular weight is 315 g/mol. The summed E-state index contributed by atoms with van der Waals surface area (Å²) < 4.78 is 1.47. The lowest BCUT2D eigenvalue weighted by atomic mass is 9.92. The van der Waals surface area contributed by atoms with Crippen molar-refractivity contribution in [3.63, 3.8) is 0 Å². The smallest absolute Gasteiger partial charge is 0.245 e. The van der Waals surface area contributed by atoms with Crippen LogP contribution in [0.1, 0.15) is 37.3 Å². The zero-order chi connectivity index (χ0) is 16.1. The van der Waals surface area contributed by atoms with Crippen LogP contribution in [0.5, 0.6) is 0 Å². The lowest BCUT2D eigenvalue weighted by molar-refractivity contribution is -0.126. The van der Waals surface area contributed by atoms with E-state index in [0.717, 1.165) is 31.2 Å². The Morgan fingerprint density at radius 1 is 1.30 bits per heavy atom. The molecule has 1 aliphatic carbocycles. The third kappa shape index (κ3) is 3.92. The SMILES string of the molecule is O=C(NC1CCCCC1O)C(Cc1ccccc1)n1cnnn1. The normalized spacial score (nSPS) is 22.5. The molecule has 122 valence electrons. The molecule has 1 saturated carbocycles.